The lowest BCUT2D eigenvalue weighted by Crippen LogP contribution is -2.36. The molecule has 0 fully saturated rings. The third-order valence-corrected chi connectivity index (χ3v) is 2.52. The van der Waals surface area contributed by atoms with Gasteiger partial charge in [0.05, 0.1) is 17.2 Å². The molecule has 1 N–H and O–H groups in total. The minimum atomic E-state index is -0.383. The van der Waals surface area contributed by atoms with E-state index in [0.29, 0.717) is 18.7 Å². The van der Waals surface area contributed by atoms with Gasteiger partial charge in [0.15, 0.2) is 0 Å². The fourth-order valence-corrected chi connectivity index (χ4v) is 1.40. The first-order valence-corrected chi connectivity index (χ1v) is 5.42. The molecule has 0 saturated heterocycles. The molecule has 1 rings (SSSR count). The first-order valence-electron chi connectivity index (χ1n) is 5.42. The highest BCUT2D eigenvalue weighted by molar-refractivity contribution is 5.33. The van der Waals surface area contributed by atoms with Crippen molar-refractivity contribution in [2.45, 2.75) is 26.0 Å². The SMILES string of the molecule is COC(C)(C)CNCc1cc(F)cc(C#N)c1. The molecule has 0 saturated carbocycles. The van der Waals surface area contributed by atoms with Crippen molar-refractivity contribution >= 4 is 0 Å². The normalized spacial score (nSPS) is 11.2. The zero-order valence-electron chi connectivity index (χ0n) is 10.4. The van der Waals surface area contributed by atoms with Crippen molar-refractivity contribution in [2.24, 2.45) is 0 Å². The van der Waals surface area contributed by atoms with Gasteiger partial charge < -0.3 is 10.1 Å². The number of benzene rings is 1. The number of halogens is 1. The van der Waals surface area contributed by atoms with Crippen LogP contribution >= 0.6 is 0 Å². The Balaban J connectivity index is 2.58. The van der Waals surface area contributed by atoms with Crippen molar-refractivity contribution < 1.29 is 9.13 Å². The number of nitrogens with zero attached hydrogens (tertiary/aromatic N) is 1. The Morgan fingerprint density at radius 3 is 2.71 bits per heavy atom. The topological polar surface area (TPSA) is 45.0 Å². The predicted molar refractivity (Wildman–Crippen MR) is 63.9 cm³/mol. The standard InChI is InChI=1S/C13H17FN2O/c1-13(2,17-3)9-16-8-11-4-10(7-15)5-12(14)6-11/h4-6,16H,8-9H2,1-3H3. The molecule has 17 heavy (non-hydrogen) atoms. The van der Waals surface area contributed by atoms with Gasteiger partial charge in [-0.05, 0) is 37.6 Å². The molecule has 0 unspecified atom stereocenters. The van der Waals surface area contributed by atoms with Crippen molar-refractivity contribution in [1.82, 2.24) is 5.32 Å². The summed E-state index contributed by atoms with van der Waals surface area (Å²) < 4.78 is 18.4. The van der Waals surface area contributed by atoms with Crippen molar-refractivity contribution in [3.8, 4) is 6.07 Å². The van der Waals surface area contributed by atoms with E-state index in [-0.39, 0.29) is 11.4 Å². The summed E-state index contributed by atoms with van der Waals surface area (Å²) in [6, 6.07) is 6.26. The highest BCUT2D eigenvalue weighted by Crippen LogP contribution is 2.09. The molecule has 0 amide bonds. The molecule has 3 nitrogen and oxygen atoms in total. The monoisotopic (exact) mass is 236 g/mol. The van der Waals surface area contributed by atoms with Gasteiger partial charge >= 0.3 is 0 Å². The number of hydrogen-bond donors (Lipinski definition) is 1. The molecule has 0 aliphatic carbocycles. The Hall–Kier alpha value is -1.44. The molecule has 0 spiro atoms. The maximum Gasteiger partial charge on any atom is 0.124 e. The van der Waals surface area contributed by atoms with Crippen LogP contribution in [0.5, 0.6) is 0 Å². The number of hydrogen-bond acceptors (Lipinski definition) is 3. The van der Waals surface area contributed by atoms with Crippen LogP contribution < -0.4 is 5.32 Å². The average molecular weight is 236 g/mol. The van der Waals surface area contributed by atoms with Crippen LogP contribution in [0.2, 0.25) is 0 Å². The van der Waals surface area contributed by atoms with Crippen LogP contribution in [-0.2, 0) is 11.3 Å². The van der Waals surface area contributed by atoms with Crippen LogP contribution in [-0.4, -0.2) is 19.3 Å². The molecule has 0 atom stereocenters. The van der Waals surface area contributed by atoms with Crippen LogP contribution in [0.15, 0.2) is 18.2 Å². The summed E-state index contributed by atoms with van der Waals surface area (Å²) in [6.07, 6.45) is 0. The van der Waals surface area contributed by atoms with E-state index in [1.54, 1.807) is 13.2 Å². The molecular formula is C13H17FN2O. The molecule has 0 radical (unpaired) electrons. The highest BCUT2D eigenvalue weighted by atomic mass is 19.1. The van der Waals surface area contributed by atoms with E-state index >= 15 is 0 Å². The molecule has 1 aromatic rings. The Morgan fingerprint density at radius 2 is 2.12 bits per heavy atom. The summed E-state index contributed by atoms with van der Waals surface area (Å²) in [4.78, 5) is 0. The van der Waals surface area contributed by atoms with E-state index < -0.39 is 0 Å². The quantitative estimate of drug-likeness (QED) is 0.852. The fraction of sp³-hybridized carbons (Fsp3) is 0.462. The number of methoxy groups -OCH3 is 1. The van der Waals surface area contributed by atoms with Gasteiger partial charge in [0.25, 0.3) is 0 Å². The van der Waals surface area contributed by atoms with Crippen LogP contribution in [0.1, 0.15) is 25.0 Å². The minimum absolute atomic E-state index is 0.259. The zero-order valence-corrected chi connectivity index (χ0v) is 10.4. The summed E-state index contributed by atoms with van der Waals surface area (Å²) in [5, 5.41) is 11.9. The molecule has 0 bridgehead atoms. The molecule has 0 aliphatic rings. The Morgan fingerprint density at radius 1 is 1.41 bits per heavy atom. The predicted octanol–water partition coefficient (Wildman–Crippen LogP) is 2.21. The first kappa shape index (κ1) is 13.6. The van der Waals surface area contributed by atoms with Crippen LogP contribution in [0.4, 0.5) is 4.39 Å². The summed E-state index contributed by atoms with van der Waals surface area (Å²) in [5.74, 6) is -0.383. The summed E-state index contributed by atoms with van der Waals surface area (Å²) in [7, 11) is 1.65. The lowest BCUT2D eigenvalue weighted by atomic mass is 10.1. The Labute approximate surface area is 101 Å². The number of nitriles is 1. The van der Waals surface area contributed by atoms with Crippen molar-refractivity contribution in [1.29, 1.82) is 5.26 Å². The lowest BCUT2D eigenvalue weighted by molar-refractivity contribution is 0.0230. The Bertz CT molecular complexity index is 424. The molecule has 92 valence electrons. The largest absolute Gasteiger partial charge is 0.377 e. The van der Waals surface area contributed by atoms with E-state index in [1.165, 1.54) is 12.1 Å². The molecule has 0 aromatic heterocycles. The van der Waals surface area contributed by atoms with E-state index in [0.717, 1.165) is 5.56 Å². The van der Waals surface area contributed by atoms with E-state index in [1.807, 2.05) is 19.9 Å². The smallest absolute Gasteiger partial charge is 0.124 e. The number of nitrogens with one attached hydrogen (secondary N) is 1. The summed E-state index contributed by atoms with van der Waals surface area (Å²) >= 11 is 0. The maximum atomic E-state index is 13.1. The summed E-state index contributed by atoms with van der Waals surface area (Å²) in [5.41, 5.74) is 0.840. The van der Waals surface area contributed by atoms with Gasteiger partial charge in [-0.25, -0.2) is 4.39 Å². The molecule has 0 heterocycles. The fourth-order valence-electron chi connectivity index (χ4n) is 1.40. The van der Waals surface area contributed by atoms with E-state index in [9.17, 15) is 4.39 Å². The van der Waals surface area contributed by atoms with Gasteiger partial charge in [-0.1, -0.05) is 0 Å². The zero-order chi connectivity index (χ0) is 12.9. The maximum absolute atomic E-state index is 13.1. The summed E-state index contributed by atoms with van der Waals surface area (Å²) in [6.45, 7) is 5.10. The minimum Gasteiger partial charge on any atom is -0.377 e. The van der Waals surface area contributed by atoms with E-state index in [4.69, 9.17) is 10.00 Å². The second-order valence-corrected chi connectivity index (χ2v) is 4.53. The van der Waals surface area contributed by atoms with Gasteiger partial charge in [-0.15, -0.1) is 0 Å². The number of rotatable bonds is 5. The van der Waals surface area contributed by atoms with Gasteiger partial charge in [0, 0.05) is 20.2 Å². The number of ether oxygens (including phenoxy) is 1. The van der Waals surface area contributed by atoms with Crippen LogP contribution in [0.25, 0.3) is 0 Å². The molecular weight excluding hydrogens is 219 g/mol. The average Bonchev–Trinajstić information content (AvgIpc) is 2.28. The van der Waals surface area contributed by atoms with Crippen LogP contribution in [0, 0.1) is 17.1 Å². The van der Waals surface area contributed by atoms with Crippen molar-refractivity contribution in [2.75, 3.05) is 13.7 Å². The molecule has 1 aromatic carbocycles. The van der Waals surface area contributed by atoms with Gasteiger partial charge in [-0.3, -0.25) is 0 Å². The van der Waals surface area contributed by atoms with Crippen LogP contribution in [0.3, 0.4) is 0 Å². The Kier molecular flexibility index (Phi) is 4.62. The third-order valence-electron chi connectivity index (χ3n) is 2.52. The molecule has 4 heteroatoms. The highest BCUT2D eigenvalue weighted by Gasteiger charge is 2.15. The second-order valence-electron chi connectivity index (χ2n) is 4.53. The van der Waals surface area contributed by atoms with Crippen molar-refractivity contribution in [3.63, 3.8) is 0 Å². The first-order chi connectivity index (χ1) is 7.96. The van der Waals surface area contributed by atoms with Gasteiger partial charge in [0.1, 0.15) is 5.82 Å². The van der Waals surface area contributed by atoms with Crippen molar-refractivity contribution in [3.05, 3.63) is 35.1 Å². The molecule has 0 aliphatic heterocycles. The lowest BCUT2D eigenvalue weighted by Gasteiger charge is -2.23. The van der Waals surface area contributed by atoms with Gasteiger partial charge in [0.2, 0.25) is 0 Å². The van der Waals surface area contributed by atoms with E-state index in [2.05, 4.69) is 5.32 Å². The second kappa shape index (κ2) is 5.76. The third kappa shape index (κ3) is 4.51. The van der Waals surface area contributed by atoms with Gasteiger partial charge in [-0.2, -0.15) is 5.26 Å².